The number of rotatable bonds is 10. The third-order valence-electron chi connectivity index (χ3n) is 8.69. The molecule has 3 aliphatic heterocycles. The van der Waals surface area contributed by atoms with E-state index in [4.69, 9.17) is 14.6 Å². The van der Waals surface area contributed by atoms with Crippen LogP contribution in [0.15, 0.2) is 48.5 Å². The predicted octanol–water partition coefficient (Wildman–Crippen LogP) is 3.86. The van der Waals surface area contributed by atoms with Gasteiger partial charge in [0.2, 0.25) is 5.91 Å². The summed E-state index contributed by atoms with van der Waals surface area (Å²) in [6.45, 7) is 5.53. The number of hydrogen-bond donors (Lipinski definition) is 1. The zero-order chi connectivity index (χ0) is 31.6. The van der Waals surface area contributed by atoms with Crippen molar-refractivity contribution < 1.29 is 24.2 Å². The standard InChI is InChI=1S/C19H29N3O2S.C14H19NO3S/c1-20-8-10-22(11-9-20)19(23)18-12-17(13-21(18)2)25-14-15-4-6-16(24-3)7-5-15;1-15-8-12(7-13(15)14(16)17)19-9-10-3-5-11(18-2)6-4-10/h4-7,17-18H,8-14H2,1-3H3;3-6,12-13H,7-9H2,1-2H3,(H,16,17)/t17-,18-;12-,13-/m00/s1. The molecule has 0 unspecified atom stereocenters. The highest BCUT2D eigenvalue weighted by atomic mass is 32.2. The Morgan fingerprint density at radius 2 is 1.16 bits per heavy atom. The molecular weight excluding hydrogens is 597 g/mol. The molecule has 11 heteroatoms. The second-order valence-corrected chi connectivity index (χ2v) is 14.5. The van der Waals surface area contributed by atoms with Crippen LogP contribution in [-0.4, -0.2) is 134 Å². The number of hydrogen-bond acceptors (Lipinski definition) is 9. The molecule has 0 bridgehead atoms. The monoisotopic (exact) mass is 644 g/mol. The van der Waals surface area contributed by atoms with E-state index in [2.05, 4.69) is 53.1 Å². The van der Waals surface area contributed by atoms with E-state index in [-0.39, 0.29) is 12.1 Å². The van der Waals surface area contributed by atoms with Crippen molar-refractivity contribution in [2.24, 2.45) is 0 Å². The first kappa shape index (κ1) is 34.4. The summed E-state index contributed by atoms with van der Waals surface area (Å²) in [5.74, 6) is 3.26. The molecule has 0 aromatic heterocycles. The first-order chi connectivity index (χ1) is 21.2. The smallest absolute Gasteiger partial charge is 0.320 e. The van der Waals surface area contributed by atoms with Crippen molar-refractivity contribution in [3.63, 3.8) is 0 Å². The van der Waals surface area contributed by atoms with Gasteiger partial charge in [-0.25, -0.2) is 0 Å². The molecule has 1 N–H and O–H groups in total. The summed E-state index contributed by atoms with van der Waals surface area (Å²) in [5.41, 5.74) is 2.55. The summed E-state index contributed by atoms with van der Waals surface area (Å²) < 4.78 is 10.3. The maximum Gasteiger partial charge on any atom is 0.320 e. The van der Waals surface area contributed by atoms with Crippen molar-refractivity contribution in [2.75, 3.05) is 74.6 Å². The predicted molar refractivity (Wildman–Crippen MR) is 180 cm³/mol. The Bertz CT molecular complexity index is 1190. The molecule has 3 saturated heterocycles. The molecule has 0 spiro atoms. The molecule has 2 aromatic rings. The lowest BCUT2D eigenvalue weighted by molar-refractivity contribution is -0.141. The van der Waals surface area contributed by atoms with E-state index in [1.807, 2.05) is 59.7 Å². The van der Waals surface area contributed by atoms with Crippen molar-refractivity contribution in [3.8, 4) is 11.5 Å². The molecule has 2 aromatic carbocycles. The first-order valence-corrected chi connectivity index (χ1v) is 17.4. The number of benzene rings is 2. The molecule has 1 amide bonds. The highest BCUT2D eigenvalue weighted by Gasteiger charge is 2.37. The van der Waals surface area contributed by atoms with Crippen LogP contribution in [0, 0.1) is 0 Å². The van der Waals surface area contributed by atoms with Crippen LogP contribution in [0.2, 0.25) is 0 Å². The Morgan fingerprint density at radius 1 is 0.727 bits per heavy atom. The molecule has 4 atom stereocenters. The molecule has 3 heterocycles. The van der Waals surface area contributed by atoms with E-state index in [1.54, 1.807) is 14.2 Å². The Kier molecular flexibility index (Phi) is 13.1. The van der Waals surface area contributed by atoms with E-state index in [9.17, 15) is 9.59 Å². The van der Waals surface area contributed by atoms with E-state index < -0.39 is 5.97 Å². The maximum absolute atomic E-state index is 12.9. The number of aliphatic carboxylic acids is 1. The van der Waals surface area contributed by atoms with Gasteiger partial charge in [0.15, 0.2) is 0 Å². The largest absolute Gasteiger partial charge is 0.497 e. The quantitative estimate of drug-likeness (QED) is 0.412. The maximum atomic E-state index is 12.9. The number of likely N-dealkylation sites (tertiary alicyclic amines) is 2. The summed E-state index contributed by atoms with van der Waals surface area (Å²) in [6.07, 6.45) is 1.69. The van der Waals surface area contributed by atoms with Gasteiger partial charge >= 0.3 is 5.97 Å². The Hall–Kier alpha value is -2.44. The average Bonchev–Trinajstić information content (AvgIpc) is 3.61. The Labute approximate surface area is 271 Å². The zero-order valence-electron chi connectivity index (χ0n) is 26.7. The number of thioether (sulfide) groups is 2. The van der Waals surface area contributed by atoms with Crippen molar-refractivity contribution in [2.45, 2.75) is 46.9 Å². The topological polar surface area (TPSA) is 85.8 Å². The van der Waals surface area contributed by atoms with Crippen LogP contribution < -0.4 is 9.47 Å². The van der Waals surface area contributed by atoms with Gasteiger partial charge in [-0.2, -0.15) is 23.5 Å². The number of methoxy groups -OCH3 is 2. The highest BCUT2D eigenvalue weighted by molar-refractivity contribution is 7.99. The first-order valence-electron chi connectivity index (χ1n) is 15.3. The second-order valence-electron chi connectivity index (χ2n) is 11.9. The SMILES string of the molecule is COc1ccc(CS[C@H]2C[C@@H](C(=O)N3CCN(C)CC3)N(C)C2)cc1.COc1ccc(CS[C@H]2C[C@@H](C(=O)O)N(C)C2)cc1. The highest BCUT2D eigenvalue weighted by Crippen LogP contribution is 2.31. The molecule has 44 heavy (non-hydrogen) atoms. The van der Waals surface area contributed by atoms with Crippen molar-refractivity contribution >= 4 is 35.4 Å². The number of amides is 1. The van der Waals surface area contributed by atoms with Gasteiger partial charge in [-0.1, -0.05) is 24.3 Å². The summed E-state index contributed by atoms with van der Waals surface area (Å²) in [7, 11) is 9.44. The third-order valence-corrected chi connectivity index (χ3v) is 11.3. The molecule has 5 rings (SSSR count). The lowest BCUT2D eigenvalue weighted by Crippen LogP contribution is -2.52. The van der Waals surface area contributed by atoms with Crippen LogP contribution in [0.5, 0.6) is 11.5 Å². The number of carbonyl (C=O) groups excluding carboxylic acids is 1. The van der Waals surface area contributed by atoms with Crippen molar-refractivity contribution in [3.05, 3.63) is 59.7 Å². The van der Waals surface area contributed by atoms with E-state index in [0.717, 1.165) is 75.1 Å². The van der Waals surface area contributed by atoms with Crippen LogP contribution in [0.25, 0.3) is 0 Å². The summed E-state index contributed by atoms with van der Waals surface area (Å²) in [4.78, 5) is 32.4. The normalized spacial score (nSPS) is 24.5. The fourth-order valence-corrected chi connectivity index (χ4v) is 8.39. The van der Waals surface area contributed by atoms with Gasteiger partial charge in [-0.15, -0.1) is 0 Å². The van der Waals surface area contributed by atoms with E-state index >= 15 is 0 Å². The number of nitrogens with zero attached hydrogens (tertiary/aromatic N) is 4. The summed E-state index contributed by atoms with van der Waals surface area (Å²) in [5, 5.41) is 10.00. The molecule has 0 aliphatic carbocycles. The van der Waals surface area contributed by atoms with Crippen molar-refractivity contribution in [1.29, 1.82) is 0 Å². The molecule has 9 nitrogen and oxygen atoms in total. The van der Waals surface area contributed by atoms with Crippen molar-refractivity contribution in [1.82, 2.24) is 19.6 Å². The van der Waals surface area contributed by atoms with Crippen LogP contribution in [0.3, 0.4) is 0 Å². The number of likely N-dealkylation sites (N-methyl/N-ethyl adjacent to an activating group) is 3. The Balaban J connectivity index is 0.000000209. The fourth-order valence-electron chi connectivity index (χ4n) is 5.83. The molecule has 3 fully saturated rings. The van der Waals surface area contributed by atoms with Crippen LogP contribution in [-0.2, 0) is 21.1 Å². The Morgan fingerprint density at radius 3 is 1.57 bits per heavy atom. The van der Waals surface area contributed by atoms with Gasteiger partial charge in [-0.3, -0.25) is 19.4 Å². The molecule has 0 radical (unpaired) electrons. The minimum Gasteiger partial charge on any atom is -0.497 e. The zero-order valence-corrected chi connectivity index (χ0v) is 28.3. The van der Waals surface area contributed by atoms with Gasteiger partial charge in [-0.05, 0) is 69.4 Å². The number of carboxylic acids is 1. The lowest BCUT2D eigenvalue weighted by atomic mass is 10.1. The molecular formula is C33H48N4O5S2. The summed E-state index contributed by atoms with van der Waals surface area (Å²) >= 11 is 3.79. The molecule has 242 valence electrons. The third kappa shape index (κ3) is 9.78. The second kappa shape index (κ2) is 16.7. The minimum atomic E-state index is -0.713. The van der Waals surface area contributed by atoms with Gasteiger partial charge in [0.25, 0.3) is 0 Å². The van der Waals surface area contributed by atoms with Crippen LogP contribution >= 0.6 is 23.5 Å². The lowest BCUT2D eigenvalue weighted by Gasteiger charge is -2.35. The number of carboxylic acid groups (broad SMARTS) is 1. The average molecular weight is 645 g/mol. The van der Waals surface area contributed by atoms with Crippen LogP contribution in [0.1, 0.15) is 24.0 Å². The van der Waals surface area contributed by atoms with Gasteiger partial charge in [0.1, 0.15) is 17.5 Å². The number of ether oxygens (including phenoxy) is 2. The fraction of sp³-hybridized carbons (Fsp3) is 0.576. The summed E-state index contributed by atoms with van der Waals surface area (Å²) in [6, 6.07) is 16.0. The van der Waals surface area contributed by atoms with Gasteiger partial charge in [0, 0.05) is 61.3 Å². The minimum absolute atomic E-state index is 0.0526. The molecule has 3 aliphatic rings. The number of carbonyl (C=O) groups is 2. The van der Waals surface area contributed by atoms with E-state index in [0.29, 0.717) is 16.4 Å². The van der Waals surface area contributed by atoms with Crippen LogP contribution in [0.4, 0.5) is 0 Å². The molecule has 0 saturated carbocycles. The van der Waals surface area contributed by atoms with Gasteiger partial charge in [0.05, 0.1) is 20.3 Å². The van der Waals surface area contributed by atoms with E-state index in [1.165, 1.54) is 11.1 Å². The van der Waals surface area contributed by atoms with Gasteiger partial charge < -0.3 is 24.4 Å². The number of piperazine rings is 1.